The molecule has 13 heavy (non-hydrogen) atoms. The van der Waals surface area contributed by atoms with Crippen molar-refractivity contribution in [1.82, 2.24) is 0 Å². The van der Waals surface area contributed by atoms with Gasteiger partial charge in [0, 0.05) is 6.61 Å². The molecule has 72 valence electrons. The Balaban J connectivity index is 1.99. The molecule has 3 nitrogen and oxygen atoms in total. The van der Waals surface area contributed by atoms with Crippen molar-refractivity contribution in [2.45, 2.75) is 31.5 Å². The highest BCUT2D eigenvalue weighted by molar-refractivity contribution is 5.03. The Morgan fingerprint density at radius 2 is 2.38 bits per heavy atom. The lowest BCUT2D eigenvalue weighted by Gasteiger charge is -2.25. The van der Waals surface area contributed by atoms with Gasteiger partial charge in [0.1, 0.15) is 11.9 Å². The zero-order chi connectivity index (χ0) is 9.10. The van der Waals surface area contributed by atoms with Crippen LogP contribution in [0, 0.1) is 0 Å². The highest BCUT2D eigenvalue weighted by Gasteiger charge is 2.25. The van der Waals surface area contributed by atoms with E-state index in [1.165, 1.54) is 0 Å². The summed E-state index contributed by atoms with van der Waals surface area (Å²) in [6, 6.07) is 3.56. The van der Waals surface area contributed by atoms with E-state index in [0.717, 1.165) is 25.9 Å². The quantitative estimate of drug-likeness (QED) is 0.759. The predicted molar refractivity (Wildman–Crippen MR) is 47.3 cm³/mol. The van der Waals surface area contributed by atoms with Gasteiger partial charge in [-0.3, -0.25) is 0 Å². The Labute approximate surface area is 77.3 Å². The van der Waals surface area contributed by atoms with Gasteiger partial charge in [-0.05, 0) is 31.4 Å². The van der Waals surface area contributed by atoms with E-state index in [9.17, 15) is 5.11 Å². The molecule has 1 aliphatic rings. The maximum Gasteiger partial charge on any atom is 0.138 e. The van der Waals surface area contributed by atoms with Gasteiger partial charge in [0.25, 0.3) is 0 Å². The van der Waals surface area contributed by atoms with Crippen molar-refractivity contribution in [3.63, 3.8) is 0 Å². The van der Waals surface area contributed by atoms with Gasteiger partial charge in [-0.2, -0.15) is 0 Å². The third-order valence-electron chi connectivity index (χ3n) is 2.40. The molecule has 1 fully saturated rings. The predicted octanol–water partition coefficient (Wildman–Crippen LogP) is 1.88. The van der Waals surface area contributed by atoms with Gasteiger partial charge >= 0.3 is 0 Å². The van der Waals surface area contributed by atoms with Crippen LogP contribution in [-0.2, 0) is 4.74 Å². The molecule has 2 unspecified atom stereocenters. The van der Waals surface area contributed by atoms with Crippen LogP contribution < -0.4 is 0 Å². The van der Waals surface area contributed by atoms with Crippen molar-refractivity contribution >= 4 is 0 Å². The summed E-state index contributed by atoms with van der Waals surface area (Å²) in [4.78, 5) is 0. The zero-order valence-corrected chi connectivity index (χ0v) is 7.48. The first-order chi connectivity index (χ1) is 6.38. The summed E-state index contributed by atoms with van der Waals surface area (Å²) in [7, 11) is 0. The van der Waals surface area contributed by atoms with E-state index < -0.39 is 6.10 Å². The van der Waals surface area contributed by atoms with Crippen LogP contribution in [0.15, 0.2) is 22.8 Å². The standard InChI is InChI=1S/C10H14O3/c11-10(9-5-3-7-13-9)8-4-1-2-6-12-8/h3,5,7-8,10-11H,1-2,4,6H2. The average molecular weight is 182 g/mol. The average Bonchev–Trinajstić information content (AvgIpc) is 2.71. The minimum atomic E-state index is -0.602. The topological polar surface area (TPSA) is 42.6 Å². The molecule has 0 bridgehead atoms. The molecular formula is C10H14O3. The molecule has 2 heterocycles. The van der Waals surface area contributed by atoms with E-state index in [0.29, 0.717) is 5.76 Å². The second kappa shape index (κ2) is 3.94. The number of aliphatic hydroxyl groups excluding tert-OH is 1. The molecule has 0 aliphatic carbocycles. The Kier molecular flexibility index (Phi) is 2.66. The lowest BCUT2D eigenvalue weighted by atomic mass is 10.0. The highest BCUT2D eigenvalue weighted by Crippen LogP contribution is 2.26. The van der Waals surface area contributed by atoms with Gasteiger partial charge in [-0.15, -0.1) is 0 Å². The maximum absolute atomic E-state index is 9.82. The Bertz CT molecular complexity index is 237. The van der Waals surface area contributed by atoms with Crippen molar-refractivity contribution in [2.75, 3.05) is 6.61 Å². The van der Waals surface area contributed by atoms with E-state index in [-0.39, 0.29) is 6.10 Å². The van der Waals surface area contributed by atoms with Crippen LogP contribution in [0.5, 0.6) is 0 Å². The molecule has 1 saturated heterocycles. The SMILES string of the molecule is OC(c1ccco1)C1CCCCO1. The fourth-order valence-electron chi connectivity index (χ4n) is 1.66. The van der Waals surface area contributed by atoms with Gasteiger partial charge in [0.15, 0.2) is 0 Å². The van der Waals surface area contributed by atoms with Gasteiger partial charge < -0.3 is 14.3 Å². The van der Waals surface area contributed by atoms with E-state index in [2.05, 4.69) is 0 Å². The fourth-order valence-corrected chi connectivity index (χ4v) is 1.66. The van der Waals surface area contributed by atoms with Gasteiger partial charge in [-0.25, -0.2) is 0 Å². The molecule has 1 aromatic heterocycles. The maximum atomic E-state index is 9.82. The molecule has 1 aliphatic heterocycles. The lowest BCUT2D eigenvalue weighted by molar-refractivity contribution is -0.0703. The first-order valence-electron chi connectivity index (χ1n) is 4.71. The lowest BCUT2D eigenvalue weighted by Crippen LogP contribution is -2.25. The second-order valence-corrected chi connectivity index (χ2v) is 3.37. The normalized spacial score (nSPS) is 25.8. The van der Waals surface area contributed by atoms with Crippen molar-refractivity contribution in [3.8, 4) is 0 Å². The van der Waals surface area contributed by atoms with Crippen molar-refractivity contribution < 1.29 is 14.3 Å². The Morgan fingerprint density at radius 3 is 3.00 bits per heavy atom. The summed E-state index contributed by atoms with van der Waals surface area (Å²) in [5.74, 6) is 0.604. The summed E-state index contributed by atoms with van der Waals surface area (Å²) >= 11 is 0. The number of rotatable bonds is 2. The van der Waals surface area contributed by atoms with Crippen molar-refractivity contribution in [2.24, 2.45) is 0 Å². The van der Waals surface area contributed by atoms with Crippen molar-refractivity contribution in [1.29, 1.82) is 0 Å². The van der Waals surface area contributed by atoms with Gasteiger partial charge in [0.05, 0.1) is 12.4 Å². The summed E-state index contributed by atoms with van der Waals surface area (Å²) in [6.07, 6.45) is 4.03. The van der Waals surface area contributed by atoms with Crippen LogP contribution in [0.3, 0.4) is 0 Å². The van der Waals surface area contributed by atoms with E-state index in [4.69, 9.17) is 9.15 Å². The Morgan fingerprint density at radius 1 is 1.46 bits per heavy atom. The third kappa shape index (κ3) is 1.92. The smallest absolute Gasteiger partial charge is 0.138 e. The number of furan rings is 1. The summed E-state index contributed by atoms with van der Waals surface area (Å²) in [6.45, 7) is 0.752. The molecule has 2 atom stereocenters. The molecule has 2 rings (SSSR count). The molecule has 0 amide bonds. The molecule has 3 heteroatoms. The summed E-state index contributed by atoms with van der Waals surface area (Å²) in [5, 5.41) is 9.82. The molecule has 1 aromatic rings. The monoisotopic (exact) mass is 182 g/mol. The minimum absolute atomic E-state index is 0.0834. The van der Waals surface area contributed by atoms with Crippen LogP contribution in [0.2, 0.25) is 0 Å². The highest BCUT2D eigenvalue weighted by atomic mass is 16.5. The second-order valence-electron chi connectivity index (χ2n) is 3.37. The van der Waals surface area contributed by atoms with Crippen LogP contribution in [0.4, 0.5) is 0 Å². The fraction of sp³-hybridized carbons (Fsp3) is 0.600. The summed E-state index contributed by atoms with van der Waals surface area (Å²) < 4.78 is 10.6. The first kappa shape index (κ1) is 8.78. The first-order valence-corrected chi connectivity index (χ1v) is 4.71. The number of hydrogen-bond donors (Lipinski definition) is 1. The zero-order valence-electron chi connectivity index (χ0n) is 7.48. The molecule has 0 aromatic carbocycles. The van der Waals surface area contributed by atoms with Crippen LogP contribution in [0.25, 0.3) is 0 Å². The van der Waals surface area contributed by atoms with Crippen LogP contribution in [0.1, 0.15) is 31.1 Å². The van der Waals surface area contributed by atoms with E-state index in [1.807, 2.05) is 0 Å². The van der Waals surface area contributed by atoms with E-state index in [1.54, 1.807) is 18.4 Å². The number of hydrogen-bond acceptors (Lipinski definition) is 3. The molecule has 0 radical (unpaired) electrons. The molecule has 0 saturated carbocycles. The largest absolute Gasteiger partial charge is 0.466 e. The van der Waals surface area contributed by atoms with Crippen molar-refractivity contribution in [3.05, 3.63) is 24.2 Å². The molecule has 1 N–H and O–H groups in total. The Hall–Kier alpha value is -0.800. The number of aliphatic hydroxyl groups is 1. The minimum Gasteiger partial charge on any atom is -0.466 e. The van der Waals surface area contributed by atoms with E-state index >= 15 is 0 Å². The van der Waals surface area contributed by atoms with Gasteiger partial charge in [-0.1, -0.05) is 0 Å². The summed E-state index contributed by atoms with van der Waals surface area (Å²) in [5.41, 5.74) is 0. The van der Waals surface area contributed by atoms with Crippen LogP contribution in [-0.4, -0.2) is 17.8 Å². The van der Waals surface area contributed by atoms with Crippen LogP contribution >= 0.6 is 0 Å². The third-order valence-corrected chi connectivity index (χ3v) is 2.40. The molecule has 0 spiro atoms. The number of ether oxygens (including phenoxy) is 1. The van der Waals surface area contributed by atoms with Gasteiger partial charge in [0.2, 0.25) is 0 Å². The molecular weight excluding hydrogens is 168 g/mol.